The smallest absolute Gasteiger partial charge is 0.164 e. The van der Waals surface area contributed by atoms with Crippen LogP contribution in [-0.4, -0.2) is 19.5 Å². The number of thiophene rings is 1. The minimum Gasteiger partial charge on any atom is -0.309 e. The van der Waals surface area contributed by atoms with Gasteiger partial charge >= 0.3 is 0 Å². The summed E-state index contributed by atoms with van der Waals surface area (Å²) in [4.78, 5) is 15.2. The molecule has 0 aliphatic carbocycles. The summed E-state index contributed by atoms with van der Waals surface area (Å²) >= 11 is 1.80. The Balaban J connectivity index is 1.16. The quantitative estimate of drug-likeness (QED) is 0.185. The summed E-state index contributed by atoms with van der Waals surface area (Å²) in [5.41, 5.74) is 8.63. The van der Waals surface area contributed by atoms with E-state index in [0.29, 0.717) is 17.5 Å². The molecule has 0 unspecified atom stereocenters. The van der Waals surface area contributed by atoms with Crippen LogP contribution in [0.15, 0.2) is 170 Å². The lowest BCUT2D eigenvalue weighted by molar-refractivity contribution is 1.07. The number of para-hydroxylation sites is 1. The average molecular weight is 657 g/mol. The van der Waals surface area contributed by atoms with Crippen LogP contribution in [0.4, 0.5) is 0 Å². The first-order valence-corrected chi connectivity index (χ1v) is 17.5. The number of benzene rings is 7. The number of fused-ring (bicyclic) bond motifs is 6. The van der Waals surface area contributed by atoms with E-state index in [-0.39, 0.29) is 0 Å². The van der Waals surface area contributed by atoms with E-state index in [4.69, 9.17) is 15.0 Å². The van der Waals surface area contributed by atoms with Gasteiger partial charge < -0.3 is 4.57 Å². The Bertz CT molecular complexity index is 2870. The van der Waals surface area contributed by atoms with E-state index < -0.39 is 0 Å². The summed E-state index contributed by atoms with van der Waals surface area (Å²) in [5, 5.41) is 4.99. The van der Waals surface area contributed by atoms with Crippen molar-refractivity contribution in [2.75, 3.05) is 0 Å². The second-order valence-electron chi connectivity index (χ2n) is 12.5. The van der Waals surface area contributed by atoms with Gasteiger partial charge in [0.05, 0.1) is 11.0 Å². The minimum absolute atomic E-state index is 0.637. The van der Waals surface area contributed by atoms with Crippen molar-refractivity contribution in [1.82, 2.24) is 19.5 Å². The van der Waals surface area contributed by atoms with Crippen LogP contribution in [0.1, 0.15) is 0 Å². The van der Waals surface area contributed by atoms with E-state index in [1.54, 1.807) is 11.3 Å². The zero-order valence-electron chi connectivity index (χ0n) is 26.9. The van der Waals surface area contributed by atoms with E-state index in [1.165, 1.54) is 42.1 Å². The molecular formula is C45H28N4S. The lowest BCUT2D eigenvalue weighted by Gasteiger charge is -2.12. The van der Waals surface area contributed by atoms with Gasteiger partial charge in [-0.1, -0.05) is 133 Å². The summed E-state index contributed by atoms with van der Waals surface area (Å²) in [6.07, 6.45) is 0. The van der Waals surface area contributed by atoms with Gasteiger partial charge in [0.2, 0.25) is 0 Å². The molecule has 5 heteroatoms. The first-order valence-electron chi connectivity index (χ1n) is 16.7. The van der Waals surface area contributed by atoms with Crippen molar-refractivity contribution in [3.05, 3.63) is 170 Å². The fourth-order valence-corrected chi connectivity index (χ4v) is 8.30. The van der Waals surface area contributed by atoms with Gasteiger partial charge in [-0.05, 0) is 47.5 Å². The van der Waals surface area contributed by atoms with E-state index in [2.05, 4.69) is 156 Å². The summed E-state index contributed by atoms with van der Waals surface area (Å²) < 4.78 is 4.85. The molecule has 0 saturated heterocycles. The molecule has 0 amide bonds. The van der Waals surface area contributed by atoms with Crippen molar-refractivity contribution in [3.8, 4) is 51.0 Å². The van der Waals surface area contributed by atoms with Crippen LogP contribution in [0.25, 0.3) is 93.0 Å². The number of aromatic nitrogens is 4. The van der Waals surface area contributed by atoms with Gasteiger partial charge in [-0.15, -0.1) is 11.3 Å². The molecule has 0 spiro atoms. The Morgan fingerprint density at radius 1 is 0.380 bits per heavy atom. The highest BCUT2D eigenvalue weighted by atomic mass is 32.1. The third-order valence-electron chi connectivity index (χ3n) is 9.45. The lowest BCUT2D eigenvalue weighted by atomic mass is 9.99. The van der Waals surface area contributed by atoms with E-state index in [1.807, 2.05) is 18.2 Å². The summed E-state index contributed by atoms with van der Waals surface area (Å²) in [6.45, 7) is 0. The van der Waals surface area contributed by atoms with Gasteiger partial charge in [0.15, 0.2) is 17.5 Å². The highest BCUT2D eigenvalue weighted by Gasteiger charge is 2.18. The molecule has 10 rings (SSSR count). The van der Waals surface area contributed by atoms with Gasteiger partial charge in [0.1, 0.15) is 0 Å². The number of nitrogens with zero attached hydrogens (tertiary/aromatic N) is 4. The van der Waals surface area contributed by atoms with Crippen LogP contribution >= 0.6 is 11.3 Å². The Labute approximate surface area is 292 Å². The van der Waals surface area contributed by atoms with Crippen molar-refractivity contribution in [2.24, 2.45) is 0 Å². The predicted molar refractivity (Wildman–Crippen MR) is 209 cm³/mol. The zero-order valence-corrected chi connectivity index (χ0v) is 27.7. The van der Waals surface area contributed by atoms with E-state index in [9.17, 15) is 0 Å². The Morgan fingerprint density at radius 3 is 1.76 bits per heavy atom. The van der Waals surface area contributed by atoms with Crippen molar-refractivity contribution < 1.29 is 0 Å². The maximum atomic E-state index is 5.13. The normalized spacial score (nSPS) is 11.6. The largest absolute Gasteiger partial charge is 0.309 e. The van der Waals surface area contributed by atoms with Crippen LogP contribution in [0.3, 0.4) is 0 Å². The molecule has 0 atom stereocenters. The first kappa shape index (κ1) is 28.6. The molecule has 50 heavy (non-hydrogen) atoms. The second kappa shape index (κ2) is 11.6. The average Bonchev–Trinajstić information content (AvgIpc) is 3.74. The highest BCUT2D eigenvalue weighted by Crippen LogP contribution is 2.39. The fraction of sp³-hybridized carbons (Fsp3) is 0. The Hall–Kier alpha value is -6.43. The molecule has 10 aromatic rings. The first-order chi connectivity index (χ1) is 24.8. The van der Waals surface area contributed by atoms with Crippen molar-refractivity contribution >= 4 is 53.3 Å². The third kappa shape index (κ3) is 4.71. The lowest BCUT2D eigenvalue weighted by Crippen LogP contribution is -2.01. The summed E-state index contributed by atoms with van der Waals surface area (Å²) in [6, 6.07) is 59.7. The number of hydrogen-bond acceptors (Lipinski definition) is 4. The van der Waals surface area contributed by atoms with Crippen LogP contribution in [-0.2, 0) is 0 Å². The highest BCUT2D eigenvalue weighted by molar-refractivity contribution is 7.25. The molecule has 0 N–H and O–H groups in total. The molecular weight excluding hydrogens is 629 g/mol. The Kier molecular flexibility index (Phi) is 6.64. The predicted octanol–water partition coefficient (Wildman–Crippen LogP) is 12.0. The molecule has 4 nitrogen and oxygen atoms in total. The van der Waals surface area contributed by atoms with Crippen molar-refractivity contribution in [2.45, 2.75) is 0 Å². The van der Waals surface area contributed by atoms with Crippen LogP contribution in [0, 0.1) is 0 Å². The molecule has 0 bridgehead atoms. The summed E-state index contributed by atoms with van der Waals surface area (Å²) in [5.74, 6) is 1.94. The van der Waals surface area contributed by atoms with Crippen molar-refractivity contribution in [1.29, 1.82) is 0 Å². The fourth-order valence-electron chi connectivity index (χ4n) is 7.16. The summed E-state index contributed by atoms with van der Waals surface area (Å²) in [7, 11) is 0. The SMILES string of the molecule is c1ccc(-c2nc(-c3cccc(-n4c5ccccc5c5c(-c6ccccc6)cccc54)c3)nc(-c3ccc4c(c3)sc3ccccc34)n2)cc1. The molecule has 234 valence electrons. The molecule has 7 aromatic carbocycles. The topological polar surface area (TPSA) is 43.6 Å². The monoisotopic (exact) mass is 656 g/mol. The molecule has 0 saturated carbocycles. The molecule has 0 radical (unpaired) electrons. The van der Waals surface area contributed by atoms with Crippen LogP contribution in [0.5, 0.6) is 0 Å². The van der Waals surface area contributed by atoms with Gasteiger partial charge in [0.25, 0.3) is 0 Å². The second-order valence-corrected chi connectivity index (χ2v) is 13.5. The number of hydrogen-bond donors (Lipinski definition) is 0. The third-order valence-corrected chi connectivity index (χ3v) is 10.6. The van der Waals surface area contributed by atoms with Crippen LogP contribution < -0.4 is 0 Å². The van der Waals surface area contributed by atoms with Gasteiger partial charge in [-0.25, -0.2) is 15.0 Å². The van der Waals surface area contributed by atoms with E-state index in [0.717, 1.165) is 33.4 Å². The van der Waals surface area contributed by atoms with Crippen molar-refractivity contribution in [3.63, 3.8) is 0 Å². The standard InChI is InChI=1S/C45H28N4S/c1-3-13-29(14-4-1)34-21-12-23-39-42(34)37-20-7-9-22-38(37)49(39)33-18-11-17-31(27-33)44-46-43(30-15-5-2-6-16-30)47-45(48-44)32-25-26-36-35-19-8-10-24-40(35)50-41(36)28-32/h1-28H. The van der Waals surface area contributed by atoms with Gasteiger partial charge in [-0.2, -0.15) is 0 Å². The number of rotatable bonds is 5. The molecule has 0 aliphatic heterocycles. The van der Waals surface area contributed by atoms with Gasteiger partial charge in [0, 0.05) is 53.3 Å². The molecule has 3 aromatic heterocycles. The minimum atomic E-state index is 0.637. The molecule has 0 aliphatic rings. The van der Waals surface area contributed by atoms with E-state index >= 15 is 0 Å². The Morgan fingerprint density at radius 2 is 0.960 bits per heavy atom. The maximum absolute atomic E-state index is 5.13. The zero-order chi connectivity index (χ0) is 33.0. The molecule has 3 heterocycles. The maximum Gasteiger partial charge on any atom is 0.164 e. The van der Waals surface area contributed by atoms with Gasteiger partial charge in [-0.3, -0.25) is 0 Å². The molecule has 0 fully saturated rings. The van der Waals surface area contributed by atoms with Crippen LogP contribution in [0.2, 0.25) is 0 Å².